The fourth-order valence-corrected chi connectivity index (χ4v) is 3.45. The molecule has 2 aliphatic rings. The summed E-state index contributed by atoms with van der Waals surface area (Å²) >= 11 is 0. The number of nitrogens with one attached hydrogen (secondary N) is 1. The summed E-state index contributed by atoms with van der Waals surface area (Å²) in [6.07, 6.45) is 7.64. The van der Waals surface area contributed by atoms with Crippen molar-refractivity contribution in [1.82, 2.24) is 10.2 Å². The van der Waals surface area contributed by atoms with E-state index in [0.717, 1.165) is 39.1 Å². The van der Waals surface area contributed by atoms with E-state index in [1.54, 1.807) is 0 Å². The van der Waals surface area contributed by atoms with E-state index in [1.807, 2.05) is 0 Å². The molecule has 4 heteroatoms. The summed E-state index contributed by atoms with van der Waals surface area (Å²) < 4.78 is 5.92. The average Bonchev–Trinajstić information content (AvgIpc) is 2.45. The highest BCUT2D eigenvalue weighted by molar-refractivity contribution is 4.89. The Bertz CT molecular complexity index is 248. The quantitative estimate of drug-likeness (QED) is 0.733. The second-order valence-electron chi connectivity index (χ2n) is 5.92. The number of hydrogen-bond donors (Lipinski definition) is 2. The van der Waals surface area contributed by atoms with Gasteiger partial charge in [0.1, 0.15) is 0 Å². The van der Waals surface area contributed by atoms with Crippen LogP contribution in [0.25, 0.3) is 0 Å². The normalized spacial score (nSPS) is 30.0. The van der Waals surface area contributed by atoms with Gasteiger partial charge in [-0.1, -0.05) is 19.8 Å². The molecule has 1 saturated carbocycles. The molecule has 0 radical (unpaired) electrons. The molecule has 1 saturated heterocycles. The highest BCUT2D eigenvalue weighted by Crippen LogP contribution is 2.28. The maximum absolute atomic E-state index is 9.21. The lowest BCUT2D eigenvalue weighted by Gasteiger charge is -2.45. The molecule has 1 aliphatic heterocycles. The summed E-state index contributed by atoms with van der Waals surface area (Å²) in [5, 5.41) is 12.8. The number of fused-ring (bicyclic) bond motifs is 1. The first-order chi connectivity index (χ1) is 9.35. The predicted octanol–water partition coefficient (Wildman–Crippen LogP) is 1.38. The zero-order chi connectivity index (χ0) is 13.5. The summed E-state index contributed by atoms with van der Waals surface area (Å²) in [4.78, 5) is 2.61. The minimum atomic E-state index is 0.278. The molecule has 19 heavy (non-hydrogen) atoms. The van der Waals surface area contributed by atoms with Crippen molar-refractivity contribution in [2.75, 3.05) is 32.8 Å². The molecule has 0 spiro atoms. The van der Waals surface area contributed by atoms with Gasteiger partial charge in [-0.2, -0.15) is 0 Å². The Kier molecular flexibility index (Phi) is 6.57. The van der Waals surface area contributed by atoms with Gasteiger partial charge < -0.3 is 15.2 Å². The zero-order valence-electron chi connectivity index (χ0n) is 12.3. The van der Waals surface area contributed by atoms with Crippen LogP contribution in [0.15, 0.2) is 0 Å². The first-order valence-corrected chi connectivity index (χ1v) is 8.05. The predicted molar refractivity (Wildman–Crippen MR) is 77.4 cm³/mol. The Morgan fingerprint density at radius 3 is 3.00 bits per heavy atom. The van der Waals surface area contributed by atoms with Crippen LogP contribution in [0.3, 0.4) is 0 Å². The molecule has 0 bridgehead atoms. The molecule has 1 aliphatic carbocycles. The summed E-state index contributed by atoms with van der Waals surface area (Å²) in [5.41, 5.74) is 0. The molecule has 112 valence electrons. The number of nitrogens with zero attached hydrogens (tertiary/aromatic N) is 1. The summed E-state index contributed by atoms with van der Waals surface area (Å²) in [6.45, 7) is 6.50. The Morgan fingerprint density at radius 1 is 1.37 bits per heavy atom. The monoisotopic (exact) mass is 270 g/mol. The van der Waals surface area contributed by atoms with Crippen LogP contribution in [0.5, 0.6) is 0 Å². The molecule has 3 unspecified atom stereocenters. The summed E-state index contributed by atoms with van der Waals surface area (Å²) in [6, 6.07) is 1.04. The highest BCUT2D eigenvalue weighted by atomic mass is 16.5. The van der Waals surface area contributed by atoms with Crippen molar-refractivity contribution in [3.63, 3.8) is 0 Å². The molecule has 2 fully saturated rings. The summed E-state index contributed by atoms with van der Waals surface area (Å²) in [7, 11) is 0. The lowest BCUT2D eigenvalue weighted by atomic mass is 9.90. The largest absolute Gasteiger partial charge is 0.396 e. The van der Waals surface area contributed by atoms with E-state index in [9.17, 15) is 5.11 Å². The van der Waals surface area contributed by atoms with Crippen LogP contribution in [0.2, 0.25) is 0 Å². The molecule has 1 heterocycles. The fourth-order valence-electron chi connectivity index (χ4n) is 3.45. The molecular weight excluding hydrogens is 240 g/mol. The minimum Gasteiger partial charge on any atom is -0.396 e. The molecule has 0 amide bonds. The van der Waals surface area contributed by atoms with Crippen molar-refractivity contribution in [2.24, 2.45) is 0 Å². The van der Waals surface area contributed by atoms with E-state index in [2.05, 4.69) is 17.1 Å². The van der Waals surface area contributed by atoms with Gasteiger partial charge in [0.2, 0.25) is 0 Å². The van der Waals surface area contributed by atoms with E-state index in [1.165, 1.54) is 25.7 Å². The van der Waals surface area contributed by atoms with Crippen molar-refractivity contribution in [3.05, 3.63) is 0 Å². The van der Waals surface area contributed by atoms with Crippen molar-refractivity contribution >= 4 is 0 Å². The van der Waals surface area contributed by atoms with Crippen molar-refractivity contribution < 1.29 is 9.84 Å². The summed E-state index contributed by atoms with van der Waals surface area (Å²) in [5.74, 6) is 0. The van der Waals surface area contributed by atoms with Gasteiger partial charge in [-0.05, 0) is 32.2 Å². The van der Waals surface area contributed by atoms with E-state index >= 15 is 0 Å². The maximum Gasteiger partial charge on any atom is 0.0730 e. The lowest BCUT2D eigenvalue weighted by molar-refractivity contribution is -0.0905. The Morgan fingerprint density at radius 2 is 2.21 bits per heavy atom. The van der Waals surface area contributed by atoms with Gasteiger partial charge in [0.05, 0.1) is 12.7 Å². The molecule has 4 nitrogen and oxygen atoms in total. The third-order valence-corrected chi connectivity index (χ3v) is 4.46. The van der Waals surface area contributed by atoms with Crippen LogP contribution < -0.4 is 5.32 Å². The smallest absolute Gasteiger partial charge is 0.0730 e. The number of morpholine rings is 1. The van der Waals surface area contributed by atoms with Crippen molar-refractivity contribution in [2.45, 2.75) is 63.6 Å². The van der Waals surface area contributed by atoms with Crippen molar-refractivity contribution in [3.8, 4) is 0 Å². The molecule has 2 rings (SSSR count). The van der Waals surface area contributed by atoms with Crippen LogP contribution in [0.1, 0.15) is 45.4 Å². The van der Waals surface area contributed by atoms with E-state index in [0.29, 0.717) is 18.2 Å². The fraction of sp³-hybridized carbons (Fsp3) is 1.00. The lowest BCUT2D eigenvalue weighted by Crippen LogP contribution is -2.56. The number of aliphatic hydroxyl groups is 1. The van der Waals surface area contributed by atoms with Crippen LogP contribution >= 0.6 is 0 Å². The minimum absolute atomic E-state index is 0.278. The van der Waals surface area contributed by atoms with Gasteiger partial charge in [0.15, 0.2) is 0 Å². The van der Waals surface area contributed by atoms with E-state index in [4.69, 9.17) is 4.74 Å². The van der Waals surface area contributed by atoms with Crippen LogP contribution in [0, 0.1) is 0 Å². The van der Waals surface area contributed by atoms with Crippen LogP contribution in [-0.4, -0.2) is 61.0 Å². The van der Waals surface area contributed by atoms with Crippen LogP contribution in [0.4, 0.5) is 0 Å². The van der Waals surface area contributed by atoms with E-state index in [-0.39, 0.29) is 6.61 Å². The van der Waals surface area contributed by atoms with Gasteiger partial charge in [0, 0.05) is 31.8 Å². The first-order valence-electron chi connectivity index (χ1n) is 8.05. The molecule has 0 aromatic rings. The third kappa shape index (κ3) is 4.42. The first kappa shape index (κ1) is 15.2. The van der Waals surface area contributed by atoms with Gasteiger partial charge in [-0.15, -0.1) is 0 Å². The average molecular weight is 270 g/mol. The van der Waals surface area contributed by atoms with Crippen molar-refractivity contribution in [1.29, 1.82) is 0 Å². The Balaban J connectivity index is 1.86. The molecular formula is C15H30N2O2. The molecule has 2 N–H and O–H groups in total. The van der Waals surface area contributed by atoms with Gasteiger partial charge in [0.25, 0.3) is 0 Å². The van der Waals surface area contributed by atoms with E-state index < -0.39 is 0 Å². The van der Waals surface area contributed by atoms with Gasteiger partial charge >= 0.3 is 0 Å². The van der Waals surface area contributed by atoms with Gasteiger partial charge in [-0.25, -0.2) is 0 Å². The van der Waals surface area contributed by atoms with Crippen LogP contribution in [-0.2, 0) is 4.74 Å². The number of ether oxygens (including phenoxy) is 1. The number of rotatable bonds is 7. The second kappa shape index (κ2) is 8.20. The standard InChI is InChI=1S/C15H30N2O2/c1-2-8-16-13(7-10-18)12-17-9-11-19-15-6-4-3-5-14(15)17/h13-16,18H,2-12H2,1H3. The SMILES string of the molecule is CCCNC(CCO)CN1CCOC2CCCCC21. The zero-order valence-corrected chi connectivity index (χ0v) is 12.3. The third-order valence-electron chi connectivity index (χ3n) is 4.46. The molecule has 0 aromatic heterocycles. The topological polar surface area (TPSA) is 44.7 Å². The molecule has 3 atom stereocenters. The molecule has 0 aromatic carbocycles. The van der Waals surface area contributed by atoms with Gasteiger partial charge in [-0.3, -0.25) is 4.90 Å². The second-order valence-corrected chi connectivity index (χ2v) is 5.92. The Hall–Kier alpha value is -0.160. The number of hydrogen-bond acceptors (Lipinski definition) is 4. The maximum atomic E-state index is 9.21. The Labute approximate surface area is 117 Å². The number of aliphatic hydroxyl groups excluding tert-OH is 1. The highest BCUT2D eigenvalue weighted by Gasteiger charge is 2.34.